The van der Waals surface area contributed by atoms with Gasteiger partial charge in [0.15, 0.2) is 0 Å². The van der Waals surface area contributed by atoms with Crippen molar-refractivity contribution in [2.45, 2.75) is 37.8 Å². The van der Waals surface area contributed by atoms with E-state index in [1.807, 2.05) is 17.0 Å². The molecule has 0 bridgehead atoms. The minimum absolute atomic E-state index is 0.172. The van der Waals surface area contributed by atoms with E-state index in [4.69, 9.17) is 15.2 Å². The molecule has 2 atom stereocenters. The Morgan fingerprint density at radius 2 is 2.14 bits per heavy atom. The van der Waals surface area contributed by atoms with Crippen LogP contribution in [0, 0.1) is 0 Å². The molecular formula is C16H22N2O3. The highest BCUT2D eigenvalue weighted by atomic mass is 16.5. The lowest BCUT2D eigenvalue weighted by Crippen LogP contribution is -2.51. The average Bonchev–Trinajstić information content (AvgIpc) is 2.97. The van der Waals surface area contributed by atoms with Gasteiger partial charge in [-0.2, -0.15) is 0 Å². The highest BCUT2D eigenvalue weighted by molar-refractivity contribution is 5.77. The molecule has 2 aliphatic rings. The van der Waals surface area contributed by atoms with Crippen molar-refractivity contribution in [3.05, 3.63) is 24.3 Å². The third-order valence-electron chi connectivity index (χ3n) is 4.27. The second-order valence-corrected chi connectivity index (χ2v) is 5.66. The van der Waals surface area contributed by atoms with Gasteiger partial charge in [-0.25, -0.2) is 0 Å². The van der Waals surface area contributed by atoms with Gasteiger partial charge in [-0.3, -0.25) is 4.79 Å². The fourth-order valence-corrected chi connectivity index (χ4v) is 3.20. The topological polar surface area (TPSA) is 64.8 Å². The molecule has 1 saturated carbocycles. The molecule has 2 unspecified atom stereocenters. The van der Waals surface area contributed by atoms with Crippen LogP contribution in [-0.4, -0.2) is 42.7 Å². The van der Waals surface area contributed by atoms with Crippen molar-refractivity contribution in [3.63, 3.8) is 0 Å². The predicted octanol–water partition coefficient (Wildman–Crippen LogP) is 1.82. The van der Waals surface area contributed by atoms with Crippen molar-refractivity contribution in [2.24, 2.45) is 0 Å². The largest absolute Gasteiger partial charge is 0.493 e. The molecule has 0 spiro atoms. The van der Waals surface area contributed by atoms with E-state index < -0.39 is 0 Å². The van der Waals surface area contributed by atoms with Crippen molar-refractivity contribution in [2.75, 3.05) is 25.5 Å². The van der Waals surface area contributed by atoms with Crippen molar-refractivity contribution in [1.29, 1.82) is 0 Å². The Morgan fingerprint density at radius 3 is 2.95 bits per heavy atom. The molecule has 1 aliphatic heterocycles. The number of nitrogen functional groups attached to an aromatic ring is 1. The number of ether oxygens (including phenoxy) is 2. The van der Waals surface area contributed by atoms with Crippen LogP contribution in [0.5, 0.6) is 5.75 Å². The molecule has 1 amide bonds. The molecule has 2 N–H and O–H groups in total. The van der Waals surface area contributed by atoms with Crippen LogP contribution >= 0.6 is 0 Å². The van der Waals surface area contributed by atoms with Crippen molar-refractivity contribution in [1.82, 2.24) is 4.90 Å². The Labute approximate surface area is 125 Å². The van der Waals surface area contributed by atoms with Gasteiger partial charge >= 0.3 is 0 Å². The summed E-state index contributed by atoms with van der Waals surface area (Å²) in [4.78, 5) is 14.3. The lowest BCUT2D eigenvalue weighted by Gasteiger charge is -2.37. The summed E-state index contributed by atoms with van der Waals surface area (Å²) in [6.07, 6.45) is 3.96. The van der Waals surface area contributed by atoms with Crippen LogP contribution in [0.15, 0.2) is 24.3 Å². The summed E-state index contributed by atoms with van der Waals surface area (Å²) >= 11 is 0. The monoisotopic (exact) mass is 290 g/mol. The molecule has 1 heterocycles. The van der Waals surface area contributed by atoms with Gasteiger partial charge in [0.05, 0.1) is 31.8 Å². The number of benzene rings is 1. The summed E-state index contributed by atoms with van der Waals surface area (Å²) in [5.74, 6) is 0.920. The summed E-state index contributed by atoms with van der Waals surface area (Å²) in [5, 5.41) is 0. The highest BCUT2D eigenvalue weighted by Crippen LogP contribution is 2.30. The zero-order chi connectivity index (χ0) is 14.7. The number of anilines is 1. The van der Waals surface area contributed by atoms with E-state index in [2.05, 4.69) is 0 Å². The second kappa shape index (κ2) is 6.35. The molecule has 3 rings (SSSR count). The Hall–Kier alpha value is -1.75. The molecule has 0 aromatic heterocycles. The molecular weight excluding hydrogens is 268 g/mol. The van der Waals surface area contributed by atoms with Gasteiger partial charge in [-0.05, 0) is 43.5 Å². The molecule has 5 heteroatoms. The van der Waals surface area contributed by atoms with Crippen molar-refractivity contribution >= 4 is 11.6 Å². The van der Waals surface area contributed by atoms with Crippen LogP contribution in [0.4, 0.5) is 5.69 Å². The third kappa shape index (κ3) is 3.29. The quantitative estimate of drug-likeness (QED) is 0.859. The van der Waals surface area contributed by atoms with Gasteiger partial charge in [0.25, 0.3) is 0 Å². The van der Waals surface area contributed by atoms with E-state index in [-0.39, 0.29) is 18.1 Å². The molecule has 114 valence electrons. The smallest absolute Gasteiger partial charge is 0.226 e. The maximum Gasteiger partial charge on any atom is 0.226 e. The lowest BCUT2D eigenvalue weighted by atomic mass is 10.1. The maximum atomic E-state index is 12.4. The molecule has 2 fully saturated rings. The summed E-state index contributed by atoms with van der Waals surface area (Å²) < 4.78 is 11.3. The Morgan fingerprint density at radius 1 is 1.33 bits per heavy atom. The van der Waals surface area contributed by atoms with Crippen LogP contribution in [0.25, 0.3) is 0 Å². The molecule has 21 heavy (non-hydrogen) atoms. The number of fused-ring (bicyclic) bond motifs is 1. The molecule has 0 radical (unpaired) electrons. The number of carbonyl (C=O) groups excluding carboxylic acids is 1. The fourth-order valence-electron chi connectivity index (χ4n) is 3.20. The van der Waals surface area contributed by atoms with Gasteiger partial charge in [0, 0.05) is 12.2 Å². The normalized spacial score (nSPS) is 24.7. The van der Waals surface area contributed by atoms with E-state index in [1.54, 1.807) is 12.1 Å². The average molecular weight is 290 g/mol. The van der Waals surface area contributed by atoms with E-state index >= 15 is 0 Å². The van der Waals surface area contributed by atoms with E-state index in [9.17, 15) is 4.79 Å². The van der Waals surface area contributed by atoms with Crippen LogP contribution < -0.4 is 10.5 Å². The molecule has 1 aliphatic carbocycles. The van der Waals surface area contributed by atoms with Crippen molar-refractivity contribution in [3.8, 4) is 5.75 Å². The van der Waals surface area contributed by atoms with Gasteiger partial charge in [0.2, 0.25) is 5.91 Å². The van der Waals surface area contributed by atoms with Crippen LogP contribution in [-0.2, 0) is 9.53 Å². The minimum Gasteiger partial charge on any atom is -0.493 e. The summed E-state index contributed by atoms with van der Waals surface area (Å²) in [7, 11) is 0. The molecule has 1 aromatic rings. The fraction of sp³-hybridized carbons (Fsp3) is 0.562. The number of rotatable bonds is 4. The van der Waals surface area contributed by atoms with Crippen LogP contribution in [0.1, 0.15) is 25.7 Å². The highest BCUT2D eigenvalue weighted by Gasteiger charge is 2.37. The zero-order valence-electron chi connectivity index (χ0n) is 12.2. The van der Waals surface area contributed by atoms with Crippen LogP contribution in [0.2, 0.25) is 0 Å². The van der Waals surface area contributed by atoms with E-state index in [1.165, 1.54) is 0 Å². The first-order valence-electron chi connectivity index (χ1n) is 7.63. The standard InChI is InChI=1S/C16H22N2O3/c17-12-4-6-13(7-5-12)20-10-8-16(19)18-9-11-21-15-3-1-2-14(15)18/h4-7,14-15H,1-3,8-11,17H2. The first-order valence-corrected chi connectivity index (χ1v) is 7.63. The number of nitrogens with zero attached hydrogens (tertiary/aromatic N) is 1. The number of amides is 1. The Bertz CT molecular complexity index is 489. The number of hydrogen-bond acceptors (Lipinski definition) is 4. The molecule has 5 nitrogen and oxygen atoms in total. The first-order chi connectivity index (χ1) is 10.2. The molecule has 1 aromatic carbocycles. The minimum atomic E-state index is 0.172. The number of morpholine rings is 1. The van der Waals surface area contributed by atoms with Gasteiger partial charge in [-0.1, -0.05) is 0 Å². The third-order valence-corrected chi connectivity index (χ3v) is 4.27. The van der Waals surface area contributed by atoms with Crippen LogP contribution in [0.3, 0.4) is 0 Å². The zero-order valence-corrected chi connectivity index (χ0v) is 12.2. The maximum absolute atomic E-state index is 12.4. The summed E-state index contributed by atoms with van der Waals surface area (Å²) in [5.41, 5.74) is 6.33. The molecule has 1 saturated heterocycles. The number of nitrogens with two attached hydrogens (primary N) is 1. The Kier molecular flexibility index (Phi) is 4.29. The Balaban J connectivity index is 1.48. The lowest BCUT2D eigenvalue weighted by molar-refractivity contribution is -0.144. The summed E-state index contributed by atoms with van der Waals surface area (Å²) in [6.45, 7) is 1.77. The SMILES string of the molecule is Nc1ccc(OCCC(=O)N2CCOC3CCCC32)cc1. The van der Waals surface area contributed by atoms with E-state index in [0.717, 1.165) is 25.0 Å². The predicted molar refractivity (Wildman–Crippen MR) is 80.1 cm³/mol. The number of carbonyl (C=O) groups is 1. The van der Waals surface area contributed by atoms with Gasteiger partial charge in [-0.15, -0.1) is 0 Å². The van der Waals surface area contributed by atoms with Crippen molar-refractivity contribution < 1.29 is 14.3 Å². The van der Waals surface area contributed by atoms with Gasteiger partial charge < -0.3 is 20.1 Å². The number of hydrogen-bond donors (Lipinski definition) is 1. The second-order valence-electron chi connectivity index (χ2n) is 5.66. The van der Waals surface area contributed by atoms with Gasteiger partial charge in [0.1, 0.15) is 5.75 Å². The summed E-state index contributed by atoms with van der Waals surface area (Å²) in [6, 6.07) is 7.51. The van der Waals surface area contributed by atoms with E-state index in [0.29, 0.717) is 31.9 Å². The first kappa shape index (κ1) is 14.2.